The highest BCUT2D eigenvalue weighted by atomic mass is 16.1. The number of nitrogen functional groups attached to an aromatic ring is 1. The van der Waals surface area contributed by atoms with Gasteiger partial charge in [0.1, 0.15) is 5.82 Å². The van der Waals surface area contributed by atoms with Gasteiger partial charge in [-0.3, -0.25) is 9.69 Å². The molecule has 1 fully saturated rings. The van der Waals surface area contributed by atoms with Crippen LogP contribution in [0.25, 0.3) is 0 Å². The average Bonchev–Trinajstić information content (AvgIpc) is 2.76. The van der Waals surface area contributed by atoms with Crippen LogP contribution >= 0.6 is 0 Å². The van der Waals surface area contributed by atoms with Crippen LogP contribution in [-0.4, -0.2) is 34.9 Å². The van der Waals surface area contributed by atoms with Crippen LogP contribution in [-0.2, 0) is 11.3 Å². The topological polar surface area (TPSA) is 83.3 Å². The Hall–Kier alpha value is -1.66. The lowest BCUT2D eigenvalue weighted by Gasteiger charge is -2.16. The van der Waals surface area contributed by atoms with E-state index in [0.717, 1.165) is 31.7 Å². The van der Waals surface area contributed by atoms with Gasteiger partial charge in [-0.15, -0.1) is 0 Å². The molecule has 0 aliphatic carbocycles. The summed E-state index contributed by atoms with van der Waals surface area (Å²) in [6.45, 7) is 4.20. The molecule has 1 unspecified atom stereocenters. The van der Waals surface area contributed by atoms with Crippen LogP contribution in [0.5, 0.6) is 0 Å². The summed E-state index contributed by atoms with van der Waals surface area (Å²) in [5.41, 5.74) is 3.52. The highest BCUT2D eigenvalue weighted by molar-refractivity contribution is 5.73. The molecule has 1 aromatic rings. The summed E-state index contributed by atoms with van der Waals surface area (Å²) >= 11 is 0. The second-order valence-electron chi connectivity index (χ2n) is 4.58. The molecule has 0 bridgehead atoms. The molecule has 0 spiro atoms. The molecular weight excluding hydrogens is 230 g/mol. The summed E-state index contributed by atoms with van der Waals surface area (Å²) < 4.78 is 0. The van der Waals surface area contributed by atoms with Crippen molar-refractivity contribution in [1.29, 1.82) is 0 Å². The molecule has 0 radical (unpaired) electrons. The van der Waals surface area contributed by atoms with Gasteiger partial charge in [-0.2, -0.15) is 0 Å². The summed E-state index contributed by atoms with van der Waals surface area (Å²) in [5.74, 6) is 6.04. The minimum absolute atomic E-state index is 0.0364. The summed E-state index contributed by atoms with van der Waals surface area (Å²) in [6.07, 6.45) is 0.994. The zero-order valence-electron chi connectivity index (χ0n) is 10.5. The maximum atomic E-state index is 11.0. The predicted molar refractivity (Wildman–Crippen MR) is 69.5 cm³/mol. The first-order valence-electron chi connectivity index (χ1n) is 6.09. The van der Waals surface area contributed by atoms with Crippen LogP contribution in [0.3, 0.4) is 0 Å². The smallest absolute Gasteiger partial charge is 0.217 e. The Morgan fingerprint density at radius 3 is 3.17 bits per heavy atom. The number of carbonyl (C=O) groups is 1. The van der Waals surface area contributed by atoms with E-state index in [0.29, 0.717) is 5.82 Å². The monoisotopic (exact) mass is 249 g/mol. The Morgan fingerprint density at radius 2 is 2.44 bits per heavy atom. The van der Waals surface area contributed by atoms with E-state index in [1.54, 1.807) is 6.92 Å². The highest BCUT2D eigenvalue weighted by Crippen LogP contribution is 2.13. The Kier molecular flexibility index (Phi) is 4.11. The van der Waals surface area contributed by atoms with Crippen molar-refractivity contribution in [3.05, 3.63) is 23.9 Å². The number of likely N-dealkylation sites (tertiary alicyclic amines) is 1. The van der Waals surface area contributed by atoms with Gasteiger partial charge in [-0.05, 0) is 18.6 Å². The molecule has 18 heavy (non-hydrogen) atoms. The average molecular weight is 249 g/mol. The number of pyridine rings is 1. The summed E-state index contributed by atoms with van der Waals surface area (Å²) in [4.78, 5) is 17.6. The lowest BCUT2D eigenvalue weighted by molar-refractivity contribution is -0.119. The van der Waals surface area contributed by atoms with E-state index in [9.17, 15) is 4.79 Å². The number of carbonyl (C=O) groups excluding carboxylic acids is 1. The fraction of sp³-hybridized carbons (Fsp3) is 0.500. The van der Waals surface area contributed by atoms with Gasteiger partial charge in [0.15, 0.2) is 0 Å². The minimum Gasteiger partial charge on any atom is -0.352 e. The molecule has 4 N–H and O–H groups in total. The fourth-order valence-corrected chi connectivity index (χ4v) is 2.26. The number of hydrazine groups is 1. The first kappa shape index (κ1) is 12.8. The molecule has 1 atom stereocenters. The molecule has 1 aliphatic heterocycles. The van der Waals surface area contributed by atoms with Crippen molar-refractivity contribution in [3.8, 4) is 0 Å². The Bertz CT molecular complexity index is 423. The fourth-order valence-electron chi connectivity index (χ4n) is 2.26. The van der Waals surface area contributed by atoms with Crippen LogP contribution in [0.4, 0.5) is 5.82 Å². The molecular formula is C12H19N5O. The van der Waals surface area contributed by atoms with Gasteiger partial charge < -0.3 is 10.7 Å². The van der Waals surface area contributed by atoms with Gasteiger partial charge in [-0.1, -0.05) is 6.07 Å². The molecule has 0 aromatic carbocycles. The first-order valence-corrected chi connectivity index (χ1v) is 6.09. The number of nitrogens with two attached hydrogens (primary N) is 1. The molecule has 1 saturated heterocycles. The predicted octanol–water partition coefficient (Wildman–Crippen LogP) is 0.0776. The number of amides is 1. The molecule has 1 aliphatic rings. The van der Waals surface area contributed by atoms with Crippen molar-refractivity contribution in [3.63, 3.8) is 0 Å². The van der Waals surface area contributed by atoms with Crippen molar-refractivity contribution in [1.82, 2.24) is 15.2 Å². The molecule has 0 saturated carbocycles. The number of nitrogens with one attached hydrogen (secondary N) is 2. The SMILES string of the molecule is CC(=O)NC1CCN(Cc2cccc(NN)n2)C1. The van der Waals surface area contributed by atoms with Gasteiger partial charge in [0, 0.05) is 32.6 Å². The summed E-state index contributed by atoms with van der Waals surface area (Å²) in [6, 6.07) is 6.00. The van der Waals surface area contributed by atoms with Crippen molar-refractivity contribution in [2.24, 2.45) is 5.84 Å². The first-order chi connectivity index (χ1) is 8.67. The zero-order valence-corrected chi connectivity index (χ0v) is 10.5. The number of anilines is 1. The minimum atomic E-state index is 0.0364. The van der Waals surface area contributed by atoms with Crippen LogP contribution in [0, 0.1) is 0 Å². The second kappa shape index (κ2) is 5.79. The number of hydrogen-bond donors (Lipinski definition) is 3. The Morgan fingerprint density at radius 1 is 1.61 bits per heavy atom. The van der Waals surface area contributed by atoms with Gasteiger partial charge in [0.25, 0.3) is 0 Å². The molecule has 2 heterocycles. The molecule has 1 amide bonds. The highest BCUT2D eigenvalue weighted by Gasteiger charge is 2.23. The number of rotatable bonds is 4. The second-order valence-corrected chi connectivity index (χ2v) is 4.58. The van der Waals surface area contributed by atoms with Crippen molar-refractivity contribution < 1.29 is 4.79 Å². The number of hydrogen-bond acceptors (Lipinski definition) is 5. The third kappa shape index (κ3) is 3.41. The summed E-state index contributed by atoms with van der Waals surface area (Å²) in [7, 11) is 0. The van der Waals surface area contributed by atoms with Crippen molar-refractivity contribution in [2.75, 3.05) is 18.5 Å². The van der Waals surface area contributed by atoms with E-state index in [2.05, 4.69) is 20.6 Å². The molecule has 2 rings (SSSR count). The Labute approximate surface area is 107 Å². The molecule has 6 heteroatoms. The van der Waals surface area contributed by atoms with Crippen LogP contribution in [0.15, 0.2) is 18.2 Å². The molecule has 6 nitrogen and oxygen atoms in total. The van der Waals surface area contributed by atoms with E-state index in [4.69, 9.17) is 5.84 Å². The number of nitrogens with zero attached hydrogens (tertiary/aromatic N) is 2. The van der Waals surface area contributed by atoms with Gasteiger partial charge >= 0.3 is 0 Å². The summed E-state index contributed by atoms with van der Waals surface area (Å²) in [5, 5.41) is 2.95. The van der Waals surface area contributed by atoms with Gasteiger partial charge in [-0.25, -0.2) is 10.8 Å². The van der Waals surface area contributed by atoms with Crippen molar-refractivity contribution >= 4 is 11.7 Å². The zero-order chi connectivity index (χ0) is 13.0. The van der Waals surface area contributed by atoms with Crippen molar-refractivity contribution in [2.45, 2.75) is 25.9 Å². The number of aromatic nitrogens is 1. The third-order valence-corrected chi connectivity index (χ3v) is 3.02. The normalized spacial score (nSPS) is 19.8. The quantitative estimate of drug-likeness (QED) is 0.520. The van der Waals surface area contributed by atoms with E-state index in [1.807, 2.05) is 18.2 Å². The maximum absolute atomic E-state index is 11.0. The standard InChI is InChI=1S/C12H19N5O/c1-9(18)14-11-5-6-17(8-11)7-10-3-2-4-12(15-10)16-13/h2-4,11H,5-8,13H2,1H3,(H,14,18)(H,15,16). The van der Waals surface area contributed by atoms with E-state index >= 15 is 0 Å². The van der Waals surface area contributed by atoms with Gasteiger partial charge in [0.05, 0.1) is 5.69 Å². The van der Waals surface area contributed by atoms with E-state index in [1.165, 1.54) is 0 Å². The largest absolute Gasteiger partial charge is 0.352 e. The van der Waals surface area contributed by atoms with Crippen LogP contribution in [0.1, 0.15) is 19.0 Å². The Balaban J connectivity index is 1.88. The van der Waals surface area contributed by atoms with E-state index in [-0.39, 0.29) is 11.9 Å². The molecule has 1 aromatic heterocycles. The third-order valence-electron chi connectivity index (χ3n) is 3.02. The van der Waals surface area contributed by atoms with Gasteiger partial charge in [0.2, 0.25) is 5.91 Å². The lowest BCUT2D eigenvalue weighted by atomic mass is 10.2. The molecule has 98 valence electrons. The van der Waals surface area contributed by atoms with Crippen LogP contribution in [0.2, 0.25) is 0 Å². The maximum Gasteiger partial charge on any atom is 0.217 e. The van der Waals surface area contributed by atoms with E-state index < -0.39 is 0 Å². The van der Waals surface area contributed by atoms with Crippen LogP contribution < -0.4 is 16.6 Å². The lowest BCUT2D eigenvalue weighted by Crippen LogP contribution is -2.35.